The third-order valence-electron chi connectivity index (χ3n) is 3.97. The van der Waals surface area contributed by atoms with Gasteiger partial charge in [-0.2, -0.15) is 0 Å². The van der Waals surface area contributed by atoms with Crippen molar-refractivity contribution in [2.75, 3.05) is 25.6 Å². The highest BCUT2D eigenvalue weighted by Gasteiger charge is 2.24. The highest BCUT2D eigenvalue weighted by molar-refractivity contribution is 5.85. The van der Waals surface area contributed by atoms with Crippen LogP contribution in [0.1, 0.15) is 43.9 Å². The average molecular weight is 343 g/mol. The van der Waals surface area contributed by atoms with E-state index in [1.54, 1.807) is 6.92 Å². The van der Waals surface area contributed by atoms with Crippen molar-refractivity contribution in [3.8, 4) is 0 Å². The zero-order valence-electron chi connectivity index (χ0n) is 13.8. The number of nitrogens with one attached hydrogen (secondary N) is 1. The molecular weight excluding hydrogens is 316 g/mol. The lowest BCUT2D eigenvalue weighted by atomic mass is 9.87. The molecule has 1 aromatic rings. The van der Waals surface area contributed by atoms with Gasteiger partial charge in [-0.15, -0.1) is 12.4 Å². The first-order valence-corrected chi connectivity index (χ1v) is 7.99. The molecule has 1 aliphatic carbocycles. The Morgan fingerprint density at radius 1 is 1.43 bits per heavy atom. The van der Waals surface area contributed by atoms with Gasteiger partial charge in [0.05, 0.1) is 19.3 Å². The van der Waals surface area contributed by atoms with Gasteiger partial charge in [0, 0.05) is 12.3 Å². The Balaban J connectivity index is 0.00000264. The van der Waals surface area contributed by atoms with E-state index in [1.165, 1.54) is 11.1 Å². The molecular formula is C17H27ClN2O3. The lowest BCUT2D eigenvalue weighted by molar-refractivity contribution is -0.133. The Kier molecular flexibility index (Phi) is 8.37. The lowest BCUT2D eigenvalue weighted by Crippen LogP contribution is -2.38. The number of hydrogen-bond acceptors (Lipinski definition) is 4. The molecule has 0 aromatic heterocycles. The van der Waals surface area contributed by atoms with Crippen LogP contribution in [0, 0.1) is 0 Å². The first-order valence-electron chi connectivity index (χ1n) is 7.99. The molecule has 1 amide bonds. The van der Waals surface area contributed by atoms with E-state index in [4.69, 9.17) is 15.2 Å². The van der Waals surface area contributed by atoms with Crippen molar-refractivity contribution in [1.82, 2.24) is 5.32 Å². The van der Waals surface area contributed by atoms with E-state index in [1.807, 2.05) is 25.1 Å². The fraction of sp³-hybridized carbons (Fsp3) is 0.588. The normalized spacial score (nSPS) is 17.7. The van der Waals surface area contributed by atoms with Crippen molar-refractivity contribution >= 4 is 24.0 Å². The number of carbonyl (C=O) groups excluding carboxylic acids is 1. The fourth-order valence-corrected chi connectivity index (χ4v) is 2.78. The van der Waals surface area contributed by atoms with Gasteiger partial charge in [0.2, 0.25) is 5.91 Å². The molecule has 130 valence electrons. The minimum absolute atomic E-state index is 0. The van der Waals surface area contributed by atoms with Crippen LogP contribution in [0.3, 0.4) is 0 Å². The summed E-state index contributed by atoms with van der Waals surface area (Å²) in [5.41, 5.74) is 9.03. The monoisotopic (exact) mass is 342 g/mol. The van der Waals surface area contributed by atoms with Crippen LogP contribution in [-0.4, -0.2) is 31.8 Å². The number of benzene rings is 1. The van der Waals surface area contributed by atoms with Crippen LogP contribution in [0.4, 0.5) is 5.69 Å². The van der Waals surface area contributed by atoms with E-state index >= 15 is 0 Å². The summed E-state index contributed by atoms with van der Waals surface area (Å²) in [6.07, 6.45) is 2.56. The number of rotatable bonds is 7. The summed E-state index contributed by atoms with van der Waals surface area (Å²) in [5, 5.41) is 3.09. The number of amides is 1. The Morgan fingerprint density at radius 3 is 2.96 bits per heavy atom. The molecule has 3 N–H and O–H groups in total. The molecule has 0 bridgehead atoms. The molecule has 0 aliphatic heterocycles. The van der Waals surface area contributed by atoms with Gasteiger partial charge in [0.1, 0.15) is 6.10 Å². The first kappa shape index (κ1) is 19.7. The van der Waals surface area contributed by atoms with Crippen molar-refractivity contribution in [3.63, 3.8) is 0 Å². The Morgan fingerprint density at radius 2 is 2.22 bits per heavy atom. The second kappa shape index (κ2) is 9.75. The van der Waals surface area contributed by atoms with Crippen LogP contribution in [0.5, 0.6) is 0 Å². The number of fused-ring (bicyclic) bond motifs is 1. The van der Waals surface area contributed by atoms with Gasteiger partial charge >= 0.3 is 0 Å². The number of halogens is 1. The van der Waals surface area contributed by atoms with Gasteiger partial charge in [-0.05, 0) is 56.4 Å². The van der Waals surface area contributed by atoms with E-state index in [9.17, 15) is 4.79 Å². The first-order chi connectivity index (χ1) is 10.6. The maximum atomic E-state index is 12.3. The summed E-state index contributed by atoms with van der Waals surface area (Å²) < 4.78 is 10.7. The van der Waals surface area contributed by atoms with Crippen LogP contribution in [0.25, 0.3) is 0 Å². The fourth-order valence-electron chi connectivity index (χ4n) is 2.78. The second-order valence-electron chi connectivity index (χ2n) is 5.62. The molecule has 0 fully saturated rings. The highest BCUT2D eigenvalue weighted by atomic mass is 35.5. The van der Waals surface area contributed by atoms with Crippen molar-refractivity contribution in [3.05, 3.63) is 29.3 Å². The number of aryl methyl sites for hydroxylation is 1. The molecule has 1 aliphatic rings. The van der Waals surface area contributed by atoms with Gasteiger partial charge in [0.15, 0.2) is 0 Å². The minimum Gasteiger partial charge on any atom is -0.399 e. The number of ether oxygens (including phenoxy) is 2. The number of nitrogens with two attached hydrogens (primary N) is 1. The molecule has 6 heteroatoms. The summed E-state index contributed by atoms with van der Waals surface area (Å²) in [6, 6.07) is 5.98. The van der Waals surface area contributed by atoms with Crippen LogP contribution >= 0.6 is 12.4 Å². The maximum Gasteiger partial charge on any atom is 0.249 e. The maximum absolute atomic E-state index is 12.3. The van der Waals surface area contributed by atoms with Crippen molar-refractivity contribution in [2.45, 2.75) is 45.3 Å². The smallest absolute Gasteiger partial charge is 0.249 e. The topological polar surface area (TPSA) is 73.6 Å². The summed E-state index contributed by atoms with van der Waals surface area (Å²) >= 11 is 0. The quantitative estimate of drug-likeness (QED) is 0.590. The van der Waals surface area contributed by atoms with Gasteiger partial charge in [-0.25, -0.2) is 0 Å². The molecule has 5 nitrogen and oxygen atoms in total. The standard InChI is InChI=1S/C17H26N2O3.ClH/c1-3-21-9-10-22-12(2)17(20)19-16-6-4-5-13-11-14(18)7-8-15(13)16;/h7-8,11-12,16H,3-6,9-10,18H2,1-2H3,(H,19,20);1H. The molecule has 2 rings (SSSR count). The van der Waals surface area contributed by atoms with Crippen LogP contribution in [0.2, 0.25) is 0 Å². The third kappa shape index (κ3) is 5.68. The van der Waals surface area contributed by atoms with Crippen LogP contribution in [-0.2, 0) is 20.7 Å². The number of carbonyl (C=O) groups is 1. The molecule has 1 aromatic carbocycles. The van der Waals surface area contributed by atoms with E-state index in [0.717, 1.165) is 24.9 Å². The zero-order chi connectivity index (χ0) is 15.9. The average Bonchev–Trinajstić information content (AvgIpc) is 2.51. The Hall–Kier alpha value is -1.30. The van der Waals surface area contributed by atoms with Crippen LogP contribution < -0.4 is 11.1 Å². The molecule has 0 heterocycles. The van der Waals surface area contributed by atoms with Crippen LogP contribution in [0.15, 0.2) is 18.2 Å². The number of hydrogen-bond donors (Lipinski definition) is 2. The molecule has 2 unspecified atom stereocenters. The predicted molar refractivity (Wildman–Crippen MR) is 93.8 cm³/mol. The Labute approximate surface area is 144 Å². The molecule has 0 radical (unpaired) electrons. The lowest BCUT2D eigenvalue weighted by Gasteiger charge is -2.27. The number of nitrogen functional groups attached to an aromatic ring is 1. The van der Waals surface area contributed by atoms with E-state index in [-0.39, 0.29) is 24.4 Å². The highest BCUT2D eigenvalue weighted by Crippen LogP contribution is 2.31. The van der Waals surface area contributed by atoms with Gasteiger partial charge in [0.25, 0.3) is 0 Å². The largest absolute Gasteiger partial charge is 0.399 e. The van der Waals surface area contributed by atoms with Gasteiger partial charge < -0.3 is 20.5 Å². The SMILES string of the molecule is CCOCCOC(C)C(=O)NC1CCCc2cc(N)ccc21.Cl. The zero-order valence-corrected chi connectivity index (χ0v) is 14.7. The number of anilines is 1. The van der Waals surface area contributed by atoms with Crippen molar-refractivity contribution < 1.29 is 14.3 Å². The summed E-state index contributed by atoms with van der Waals surface area (Å²) in [5.74, 6) is -0.0776. The third-order valence-corrected chi connectivity index (χ3v) is 3.97. The van der Waals surface area contributed by atoms with E-state index in [0.29, 0.717) is 19.8 Å². The summed E-state index contributed by atoms with van der Waals surface area (Å²) in [6.45, 7) is 5.31. The molecule has 23 heavy (non-hydrogen) atoms. The molecule has 2 atom stereocenters. The summed E-state index contributed by atoms with van der Waals surface area (Å²) in [4.78, 5) is 12.3. The molecule has 0 saturated carbocycles. The molecule has 0 saturated heterocycles. The van der Waals surface area contributed by atoms with Crippen molar-refractivity contribution in [2.24, 2.45) is 0 Å². The predicted octanol–water partition coefficient (Wildman–Crippen LogP) is 2.63. The van der Waals surface area contributed by atoms with E-state index < -0.39 is 6.10 Å². The second-order valence-corrected chi connectivity index (χ2v) is 5.62. The van der Waals surface area contributed by atoms with Gasteiger partial charge in [-0.3, -0.25) is 4.79 Å². The Bertz CT molecular complexity index is 511. The van der Waals surface area contributed by atoms with Gasteiger partial charge in [-0.1, -0.05) is 6.07 Å². The molecule has 0 spiro atoms. The summed E-state index contributed by atoms with van der Waals surface area (Å²) in [7, 11) is 0. The van der Waals surface area contributed by atoms with E-state index in [2.05, 4.69) is 5.32 Å². The minimum atomic E-state index is -0.473. The van der Waals surface area contributed by atoms with Crippen molar-refractivity contribution in [1.29, 1.82) is 0 Å².